The number of carbonyl (C=O) groups excluding carboxylic acids is 1. The van der Waals surface area contributed by atoms with Crippen LogP contribution in [0.25, 0.3) is 10.9 Å². The van der Waals surface area contributed by atoms with Crippen molar-refractivity contribution < 1.29 is 9.53 Å². The van der Waals surface area contributed by atoms with Crippen molar-refractivity contribution in [2.75, 3.05) is 13.7 Å². The number of ether oxygens (including phenoxy) is 1. The number of rotatable bonds is 6. The Bertz CT molecular complexity index is 1010. The fourth-order valence-corrected chi connectivity index (χ4v) is 3.25. The van der Waals surface area contributed by atoms with Gasteiger partial charge in [0.2, 0.25) is 11.3 Å². The monoisotopic (exact) mass is 417 g/mol. The lowest BCUT2D eigenvalue weighted by Gasteiger charge is -2.13. The number of nitrogens with one attached hydrogen (secondary N) is 1. The van der Waals surface area contributed by atoms with Gasteiger partial charge in [-0.05, 0) is 31.2 Å². The van der Waals surface area contributed by atoms with Crippen molar-refractivity contribution >= 4 is 32.7 Å². The van der Waals surface area contributed by atoms with Crippen molar-refractivity contribution in [3.63, 3.8) is 0 Å². The number of aromatic nitrogens is 2. The van der Waals surface area contributed by atoms with Crippen LogP contribution in [0.15, 0.2) is 52.0 Å². The molecule has 2 heterocycles. The molecule has 3 rings (SSSR count). The standard InChI is InChI=1S/C19H20BrN3O3/c1-13-9-17(24)18(26-2)11-23(13)12-19(25)21-6-8-22-7-5-14-10-15(20)3-4-16(14)22/h3-5,7,9-11H,6,8,12H2,1-2H3,(H,21,25). The first-order valence-corrected chi connectivity index (χ1v) is 9.03. The Balaban J connectivity index is 1.60. The number of methoxy groups -OCH3 is 1. The molecule has 0 unspecified atom stereocenters. The lowest BCUT2D eigenvalue weighted by atomic mass is 10.2. The summed E-state index contributed by atoms with van der Waals surface area (Å²) in [6.07, 6.45) is 3.58. The third-order valence-electron chi connectivity index (χ3n) is 4.25. The molecule has 3 aromatic rings. The molecule has 0 fully saturated rings. The highest BCUT2D eigenvalue weighted by Crippen LogP contribution is 2.20. The smallest absolute Gasteiger partial charge is 0.239 e. The van der Waals surface area contributed by atoms with Crippen molar-refractivity contribution in [2.45, 2.75) is 20.0 Å². The predicted molar refractivity (Wildman–Crippen MR) is 105 cm³/mol. The highest BCUT2D eigenvalue weighted by atomic mass is 79.9. The second-order valence-corrected chi connectivity index (χ2v) is 6.95. The van der Waals surface area contributed by atoms with E-state index in [0.29, 0.717) is 18.8 Å². The van der Waals surface area contributed by atoms with Crippen LogP contribution in [0.5, 0.6) is 5.75 Å². The zero-order valence-corrected chi connectivity index (χ0v) is 16.2. The maximum Gasteiger partial charge on any atom is 0.239 e. The number of benzene rings is 1. The highest BCUT2D eigenvalue weighted by molar-refractivity contribution is 9.10. The lowest BCUT2D eigenvalue weighted by molar-refractivity contribution is -0.121. The van der Waals surface area contributed by atoms with Gasteiger partial charge in [-0.2, -0.15) is 0 Å². The van der Waals surface area contributed by atoms with Gasteiger partial charge in [0.25, 0.3) is 0 Å². The van der Waals surface area contributed by atoms with E-state index in [1.54, 1.807) is 17.7 Å². The minimum Gasteiger partial charge on any atom is -0.491 e. The van der Waals surface area contributed by atoms with Gasteiger partial charge in [-0.25, -0.2) is 0 Å². The molecule has 0 saturated carbocycles. The lowest BCUT2D eigenvalue weighted by Crippen LogP contribution is -2.31. The van der Waals surface area contributed by atoms with Crippen LogP contribution in [0.2, 0.25) is 0 Å². The summed E-state index contributed by atoms with van der Waals surface area (Å²) in [6.45, 7) is 3.14. The van der Waals surface area contributed by atoms with Gasteiger partial charge in [0.1, 0.15) is 6.54 Å². The Morgan fingerprint density at radius 3 is 2.81 bits per heavy atom. The minimum absolute atomic E-state index is 0.113. The summed E-state index contributed by atoms with van der Waals surface area (Å²) in [7, 11) is 1.44. The number of pyridine rings is 1. The molecule has 0 aliphatic carbocycles. The molecule has 2 aromatic heterocycles. The van der Waals surface area contributed by atoms with Crippen molar-refractivity contribution in [2.24, 2.45) is 0 Å². The van der Waals surface area contributed by atoms with Gasteiger partial charge in [0.15, 0.2) is 5.75 Å². The Labute approximate surface area is 159 Å². The summed E-state index contributed by atoms with van der Waals surface area (Å²) < 4.78 is 9.89. The summed E-state index contributed by atoms with van der Waals surface area (Å²) in [6, 6.07) is 9.64. The average Bonchev–Trinajstić information content (AvgIpc) is 2.99. The van der Waals surface area contributed by atoms with E-state index in [0.717, 1.165) is 15.4 Å². The fraction of sp³-hybridized carbons (Fsp3) is 0.263. The Morgan fingerprint density at radius 1 is 1.23 bits per heavy atom. The van der Waals surface area contributed by atoms with Crippen molar-refractivity contribution in [3.8, 4) is 5.75 Å². The maximum atomic E-state index is 12.2. The molecule has 0 aliphatic heterocycles. The van der Waals surface area contributed by atoms with Crippen LogP contribution in [0, 0.1) is 6.92 Å². The molecule has 1 N–H and O–H groups in total. The molecule has 0 radical (unpaired) electrons. The zero-order valence-electron chi connectivity index (χ0n) is 14.7. The van der Waals surface area contributed by atoms with E-state index in [-0.39, 0.29) is 23.6 Å². The first-order chi connectivity index (χ1) is 12.5. The number of hydrogen-bond donors (Lipinski definition) is 1. The first kappa shape index (κ1) is 18.3. The second kappa shape index (κ2) is 7.78. The maximum absolute atomic E-state index is 12.2. The third kappa shape index (κ3) is 3.99. The first-order valence-electron chi connectivity index (χ1n) is 8.24. The zero-order chi connectivity index (χ0) is 18.7. The Kier molecular flexibility index (Phi) is 5.46. The number of nitrogens with zero attached hydrogens (tertiary/aromatic N) is 2. The molecule has 136 valence electrons. The van der Waals surface area contributed by atoms with Gasteiger partial charge in [-0.1, -0.05) is 15.9 Å². The molecular formula is C19H20BrN3O3. The van der Waals surface area contributed by atoms with E-state index in [4.69, 9.17) is 4.74 Å². The minimum atomic E-state index is -0.187. The molecular weight excluding hydrogens is 398 g/mol. The molecule has 0 aliphatic rings. The quantitative estimate of drug-likeness (QED) is 0.670. The van der Waals surface area contributed by atoms with E-state index >= 15 is 0 Å². The van der Waals surface area contributed by atoms with E-state index in [9.17, 15) is 9.59 Å². The number of halogens is 1. The van der Waals surface area contributed by atoms with Crippen LogP contribution in [-0.2, 0) is 17.9 Å². The summed E-state index contributed by atoms with van der Waals surface area (Å²) in [5.41, 5.74) is 1.66. The molecule has 1 aromatic carbocycles. The summed E-state index contributed by atoms with van der Waals surface area (Å²) in [5.74, 6) is 0.117. The van der Waals surface area contributed by atoms with Gasteiger partial charge < -0.3 is 19.2 Å². The number of amides is 1. The molecule has 26 heavy (non-hydrogen) atoms. The SMILES string of the molecule is COc1cn(CC(=O)NCCn2ccc3cc(Br)ccc32)c(C)cc1=O. The topological polar surface area (TPSA) is 65.3 Å². The van der Waals surface area contributed by atoms with Gasteiger partial charge >= 0.3 is 0 Å². The number of carbonyl (C=O) groups is 1. The Morgan fingerprint density at radius 2 is 2.04 bits per heavy atom. The van der Waals surface area contributed by atoms with E-state index in [1.807, 2.05) is 12.3 Å². The molecule has 0 bridgehead atoms. The molecule has 0 saturated heterocycles. The number of fused-ring (bicyclic) bond motifs is 1. The largest absolute Gasteiger partial charge is 0.491 e. The van der Waals surface area contributed by atoms with Gasteiger partial charge in [0, 0.05) is 46.4 Å². The fourth-order valence-electron chi connectivity index (χ4n) is 2.87. The van der Waals surface area contributed by atoms with Crippen LogP contribution in [0.4, 0.5) is 0 Å². The average molecular weight is 418 g/mol. The third-order valence-corrected chi connectivity index (χ3v) is 4.74. The van der Waals surface area contributed by atoms with Gasteiger partial charge in [-0.15, -0.1) is 0 Å². The van der Waals surface area contributed by atoms with E-state index < -0.39 is 0 Å². The highest BCUT2D eigenvalue weighted by Gasteiger charge is 2.08. The normalized spacial score (nSPS) is 10.9. The van der Waals surface area contributed by atoms with E-state index in [1.165, 1.54) is 13.2 Å². The van der Waals surface area contributed by atoms with Crippen molar-refractivity contribution in [1.82, 2.24) is 14.5 Å². The van der Waals surface area contributed by atoms with Crippen LogP contribution < -0.4 is 15.5 Å². The Hall–Kier alpha value is -2.54. The molecule has 0 spiro atoms. The van der Waals surface area contributed by atoms with Crippen LogP contribution in [-0.4, -0.2) is 28.7 Å². The predicted octanol–water partition coefficient (Wildman–Crippen LogP) is 2.70. The second-order valence-electron chi connectivity index (χ2n) is 6.04. The number of aryl methyl sites for hydroxylation is 1. The molecule has 0 atom stereocenters. The van der Waals surface area contributed by atoms with E-state index in [2.05, 4.69) is 44.0 Å². The van der Waals surface area contributed by atoms with Crippen LogP contribution in [0.1, 0.15) is 5.69 Å². The van der Waals surface area contributed by atoms with Gasteiger partial charge in [0.05, 0.1) is 13.3 Å². The van der Waals surface area contributed by atoms with Crippen molar-refractivity contribution in [1.29, 1.82) is 0 Å². The summed E-state index contributed by atoms with van der Waals surface area (Å²) in [5, 5.41) is 4.07. The van der Waals surface area contributed by atoms with Crippen molar-refractivity contribution in [3.05, 3.63) is 63.1 Å². The number of hydrogen-bond acceptors (Lipinski definition) is 3. The molecule has 7 heteroatoms. The summed E-state index contributed by atoms with van der Waals surface area (Å²) >= 11 is 3.47. The van der Waals surface area contributed by atoms with Crippen LogP contribution in [0.3, 0.4) is 0 Å². The summed E-state index contributed by atoms with van der Waals surface area (Å²) in [4.78, 5) is 23.9. The van der Waals surface area contributed by atoms with Crippen LogP contribution >= 0.6 is 15.9 Å². The molecule has 6 nitrogen and oxygen atoms in total. The van der Waals surface area contributed by atoms with Gasteiger partial charge in [-0.3, -0.25) is 9.59 Å². The molecule has 1 amide bonds.